The van der Waals surface area contributed by atoms with E-state index in [-0.39, 0.29) is 11.9 Å². The maximum Gasteiger partial charge on any atom is 0.129 e. The average molecular weight is 267 g/mol. The molecule has 0 saturated carbocycles. The number of aromatic nitrogens is 1. The van der Waals surface area contributed by atoms with Gasteiger partial charge in [-0.1, -0.05) is 24.6 Å². The van der Waals surface area contributed by atoms with Crippen molar-refractivity contribution in [1.29, 1.82) is 0 Å². The normalized spacial score (nSPS) is 12.7. The summed E-state index contributed by atoms with van der Waals surface area (Å²) in [5.74, 6) is -0.280. The van der Waals surface area contributed by atoms with Gasteiger partial charge in [0.1, 0.15) is 5.82 Å². The molecule has 0 aliphatic carbocycles. The van der Waals surface area contributed by atoms with Crippen LogP contribution in [0.3, 0.4) is 0 Å². The SMILES string of the molecule is CCC(N)c1ccn(Cc2ccc(Cl)cc2F)c1. The van der Waals surface area contributed by atoms with Crippen molar-refractivity contribution < 1.29 is 4.39 Å². The van der Waals surface area contributed by atoms with Gasteiger partial charge in [0.15, 0.2) is 0 Å². The molecule has 0 spiro atoms. The number of rotatable bonds is 4. The van der Waals surface area contributed by atoms with E-state index in [4.69, 9.17) is 17.3 Å². The first-order chi connectivity index (χ1) is 8.60. The van der Waals surface area contributed by atoms with Crippen LogP contribution in [0, 0.1) is 5.82 Å². The van der Waals surface area contributed by atoms with Crippen molar-refractivity contribution in [2.75, 3.05) is 0 Å². The Labute approximate surface area is 111 Å². The van der Waals surface area contributed by atoms with Crippen molar-refractivity contribution in [2.45, 2.75) is 25.9 Å². The van der Waals surface area contributed by atoms with Crippen LogP contribution in [-0.2, 0) is 6.54 Å². The fourth-order valence-corrected chi connectivity index (χ4v) is 2.02. The van der Waals surface area contributed by atoms with Crippen LogP contribution in [0.15, 0.2) is 36.7 Å². The van der Waals surface area contributed by atoms with Crippen LogP contribution in [0.4, 0.5) is 4.39 Å². The van der Waals surface area contributed by atoms with Gasteiger partial charge in [-0.15, -0.1) is 0 Å². The Balaban J connectivity index is 2.16. The molecule has 4 heteroatoms. The molecule has 0 saturated heterocycles. The van der Waals surface area contributed by atoms with E-state index >= 15 is 0 Å². The largest absolute Gasteiger partial charge is 0.349 e. The Hall–Kier alpha value is -1.32. The minimum atomic E-state index is -0.280. The van der Waals surface area contributed by atoms with Gasteiger partial charge in [0.2, 0.25) is 0 Å². The van der Waals surface area contributed by atoms with Crippen molar-refractivity contribution in [3.05, 3.63) is 58.6 Å². The fourth-order valence-electron chi connectivity index (χ4n) is 1.86. The van der Waals surface area contributed by atoms with E-state index in [9.17, 15) is 4.39 Å². The van der Waals surface area contributed by atoms with Crippen molar-refractivity contribution in [3.63, 3.8) is 0 Å². The summed E-state index contributed by atoms with van der Waals surface area (Å²) in [5, 5.41) is 0.414. The van der Waals surface area contributed by atoms with Crippen LogP contribution in [0.1, 0.15) is 30.5 Å². The number of hydrogen-bond donors (Lipinski definition) is 1. The van der Waals surface area contributed by atoms with Gasteiger partial charge >= 0.3 is 0 Å². The molecule has 1 heterocycles. The molecule has 1 atom stereocenters. The average Bonchev–Trinajstić information content (AvgIpc) is 2.80. The van der Waals surface area contributed by atoms with Crippen LogP contribution in [-0.4, -0.2) is 4.57 Å². The van der Waals surface area contributed by atoms with Gasteiger partial charge in [0.05, 0.1) is 0 Å². The number of nitrogens with zero attached hydrogens (tertiary/aromatic N) is 1. The minimum absolute atomic E-state index is 0.0429. The number of halogens is 2. The van der Waals surface area contributed by atoms with Crippen LogP contribution < -0.4 is 5.73 Å². The molecule has 0 aliphatic heterocycles. The van der Waals surface area contributed by atoms with Crippen LogP contribution in [0.5, 0.6) is 0 Å². The Morgan fingerprint density at radius 3 is 2.83 bits per heavy atom. The summed E-state index contributed by atoms with van der Waals surface area (Å²) in [6.07, 6.45) is 4.76. The Morgan fingerprint density at radius 1 is 1.39 bits per heavy atom. The van der Waals surface area contributed by atoms with Gasteiger partial charge < -0.3 is 10.3 Å². The van der Waals surface area contributed by atoms with Gasteiger partial charge in [-0.2, -0.15) is 0 Å². The smallest absolute Gasteiger partial charge is 0.129 e. The van der Waals surface area contributed by atoms with Gasteiger partial charge in [-0.05, 0) is 30.2 Å². The molecule has 2 N–H and O–H groups in total. The number of hydrogen-bond acceptors (Lipinski definition) is 1. The molecule has 2 nitrogen and oxygen atoms in total. The Kier molecular flexibility index (Phi) is 4.04. The van der Waals surface area contributed by atoms with Crippen LogP contribution >= 0.6 is 11.6 Å². The molecule has 96 valence electrons. The summed E-state index contributed by atoms with van der Waals surface area (Å²) in [6, 6.07) is 6.75. The molecule has 0 radical (unpaired) electrons. The highest BCUT2D eigenvalue weighted by Crippen LogP contribution is 2.18. The molecule has 0 fully saturated rings. The monoisotopic (exact) mass is 266 g/mol. The van der Waals surface area contributed by atoms with Gasteiger partial charge in [-0.3, -0.25) is 0 Å². The lowest BCUT2D eigenvalue weighted by molar-refractivity contribution is 0.599. The lowest BCUT2D eigenvalue weighted by Gasteiger charge is -2.07. The molecule has 1 aromatic heterocycles. The first-order valence-corrected chi connectivity index (χ1v) is 6.33. The maximum atomic E-state index is 13.6. The van der Waals surface area contributed by atoms with Gasteiger partial charge in [-0.25, -0.2) is 4.39 Å². The molecular weight excluding hydrogens is 251 g/mol. The second-order valence-electron chi connectivity index (χ2n) is 4.37. The maximum absolute atomic E-state index is 13.6. The molecule has 18 heavy (non-hydrogen) atoms. The van der Waals surface area contributed by atoms with Crippen LogP contribution in [0.25, 0.3) is 0 Å². The lowest BCUT2D eigenvalue weighted by atomic mass is 10.1. The van der Waals surface area contributed by atoms with E-state index in [1.165, 1.54) is 6.07 Å². The van der Waals surface area contributed by atoms with E-state index in [1.807, 2.05) is 30.0 Å². The molecule has 0 amide bonds. The summed E-state index contributed by atoms with van der Waals surface area (Å²) < 4.78 is 15.6. The second-order valence-corrected chi connectivity index (χ2v) is 4.80. The summed E-state index contributed by atoms with van der Waals surface area (Å²) in [6.45, 7) is 2.53. The van der Waals surface area contributed by atoms with Crippen molar-refractivity contribution >= 4 is 11.6 Å². The molecule has 1 unspecified atom stereocenters. The molecule has 0 bridgehead atoms. The third-order valence-corrected chi connectivity index (χ3v) is 3.24. The summed E-state index contributed by atoms with van der Waals surface area (Å²) in [4.78, 5) is 0. The Morgan fingerprint density at radius 2 is 2.17 bits per heavy atom. The van der Waals surface area contributed by atoms with Gasteiger partial charge in [0.25, 0.3) is 0 Å². The zero-order chi connectivity index (χ0) is 13.1. The third-order valence-electron chi connectivity index (χ3n) is 3.01. The highest BCUT2D eigenvalue weighted by molar-refractivity contribution is 6.30. The Bertz CT molecular complexity index is 536. The zero-order valence-corrected chi connectivity index (χ0v) is 11.0. The molecular formula is C14H16ClFN2. The van der Waals surface area contributed by atoms with Crippen molar-refractivity contribution in [3.8, 4) is 0 Å². The lowest BCUT2D eigenvalue weighted by Crippen LogP contribution is -2.07. The summed E-state index contributed by atoms with van der Waals surface area (Å²) in [7, 11) is 0. The van der Waals surface area contributed by atoms with E-state index in [0.29, 0.717) is 17.1 Å². The fraction of sp³-hybridized carbons (Fsp3) is 0.286. The quantitative estimate of drug-likeness (QED) is 0.898. The summed E-state index contributed by atoms with van der Waals surface area (Å²) >= 11 is 5.72. The highest BCUT2D eigenvalue weighted by atomic mass is 35.5. The third kappa shape index (κ3) is 2.92. The van der Waals surface area contributed by atoms with Crippen molar-refractivity contribution in [1.82, 2.24) is 4.57 Å². The zero-order valence-electron chi connectivity index (χ0n) is 10.2. The summed E-state index contributed by atoms with van der Waals surface area (Å²) in [5.41, 5.74) is 7.64. The standard InChI is InChI=1S/C14H16ClFN2/c1-2-14(17)11-5-6-18(9-11)8-10-3-4-12(15)7-13(10)16/h3-7,9,14H,2,8,17H2,1H3. The first kappa shape index (κ1) is 13.1. The van der Waals surface area contributed by atoms with E-state index < -0.39 is 0 Å². The number of nitrogens with two attached hydrogens (primary N) is 1. The van der Waals surface area contributed by atoms with Gasteiger partial charge in [0, 0.05) is 35.6 Å². The van der Waals surface area contributed by atoms with E-state index in [0.717, 1.165) is 12.0 Å². The van der Waals surface area contributed by atoms with Crippen molar-refractivity contribution in [2.24, 2.45) is 5.73 Å². The predicted molar refractivity (Wildman–Crippen MR) is 72.2 cm³/mol. The molecule has 1 aromatic carbocycles. The number of benzene rings is 1. The first-order valence-electron chi connectivity index (χ1n) is 5.95. The second kappa shape index (κ2) is 5.55. The minimum Gasteiger partial charge on any atom is -0.349 e. The molecule has 0 aliphatic rings. The highest BCUT2D eigenvalue weighted by Gasteiger charge is 2.07. The van der Waals surface area contributed by atoms with Crippen LogP contribution in [0.2, 0.25) is 5.02 Å². The molecule has 2 aromatic rings. The molecule has 2 rings (SSSR count). The topological polar surface area (TPSA) is 30.9 Å². The van der Waals surface area contributed by atoms with E-state index in [1.54, 1.807) is 12.1 Å². The van der Waals surface area contributed by atoms with E-state index in [2.05, 4.69) is 0 Å². The predicted octanol–water partition coefficient (Wildman–Crippen LogP) is 3.74.